The molecule has 0 saturated carbocycles. The Morgan fingerprint density at radius 1 is 0.952 bits per heavy atom. The zero-order valence-corrected chi connectivity index (χ0v) is 10.7. The highest BCUT2D eigenvalue weighted by Gasteiger charge is 2.36. The first kappa shape index (κ1) is 13.1. The molecule has 0 unspecified atom stereocenters. The number of benzene rings is 2. The average molecular weight is 283 g/mol. The van der Waals surface area contributed by atoms with Crippen molar-refractivity contribution in [3.05, 3.63) is 74.3 Å². The van der Waals surface area contributed by atoms with Crippen molar-refractivity contribution in [1.29, 1.82) is 0 Å². The molecule has 1 aliphatic rings. The molecule has 0 radical (unpaired) electrons. The quantitative estimate of drug-likeness (QED) is 0.572. The van der Waals surface area contributed by atoms with Crippen molar-refractivity contribution in [1.82, 2.24) is 0 Å². The van der Waals surface area contributed by atoms with Crippen LogP contribution in [-0.2, 0) is 6.61 Å². The summed E-state index contributed by atoms with van der Waals surface area (Å²) in [6.45, 7) is -0.577. The fourth-order valence-corrected chi connectivity index (χ4v) is 2.55. The van der Waals surface area contributed by atoms with E-state index in [1.807, 2.05) is 0 Å². The lowest BCUT2D eigenvalue weighted by Gasteiger charge is -2.18. The Balaban J connectivity index is 2.38. The van der Waals surface area contributed by atoms with E-state index in [4.69, 9.17) is 0 Å². The number of nitro benzene ring substituents is 1. The molecule has 0 atom stereocenters. The summed E-state index contributed by atoms with van der Waals surface area (Å²) in [5.41, 5.74) is -0.339. The Labute approximate surface area is 118 Å². The molecule has 0 saturated heterocycles. The molecular formula is C15H9NO5. The van der Waals surface area contributed by atoms with Crippen LogP contribution in [0.1, 0.15) is 37.4 Å². The second-order valence-electron chi connectivity index (χ2n) is 4.61. The SMILES string of the molecule is O=C1c2ccccc2C(=O)c2c1ccc(CO)c2[N+](=O)[O-]. The molecule has 6 heteroatoms. The van der Waals surface area contributed by atoms with Crippen molar-refractivity contribution in [2.75, 3.05) is 0 Å². The number of nitrogens with zero attached hydrogens (tertiary/aromatic N) is 1. The van der Waals surface area contributed by atoms with Crippen LogP contribution in [0.3, 0.4) is 0 Å². The van der Waals surface area contributed by atoms with Crippen LogP contribution in [0.4, 0.5) is 5.69 Å². The van der Waals surface area contributed by atoms with Crippen molar-refractivity contribution < 1.29 is 19.6 Å². The molecule has 6 nitrogen and oxygen atoms in total. The second-order valence-corrected chi connectivity index (χ2v) is 4.61. The molecule has 0 aliphatic heterocycles. The van der Waals surface area contributed by atoms with Gasteiger partial charge in [0.2, 0.25) is 5.78 Å². The average Bonchev–Trinajstić information content (AvgIpc) is 2.51. The van der Waals surface area contributed by atoms with Gasteiger partial charge in [-0.15, -0.1) is 0 Å². The van der Waals surface area contributed by atoms with Crippen molar-refractivity contribution in [2.45, 2.75) is 6.61 Å². The number of rotatable bonds is 2. The van der Waals surface area contributed by atoms with Gasteiger partial charge in [0, 0.05) is 16.7 Å². The lowest BCUT2D eigenvalue weighted by atomic mass is 9.82. The van der Waals surface area contributed by atoms with Crippen molar-refractivity contribution in [2.24, 2.45) is 0 Å². The summed E-state index contributed by atoms with van der Waals surface area (Å²) >= 11 is 0. The van der Waals surface area contributed by atoms with E-state index in [-0.39, 0.29) is 27.8 Å². The summed E-state index contributed by atoms with van der Waals surface area (Å²) in [5.74, 6) is -0.991. The standard InChI is InChI=1S/C15H9NO5/c17-7-8-5-6-11-12(13(8)16(20)21)15(19)10-4-2-1-3-9(10)14(11)18/h1-6,17H,7H2. The van der Waals surface area contributed by atoms with Crippen LogP contribution >= 0.6 is 0 Å². The van der Waals surface area contributed by atoms with Gasteiger partial charge in [0.15, 0.2) is 5.78 Å². The van der Waals surface area contributed by atoms with Gasteiger partial charge >= 0.3 is 0 Å². The van der Waals surface area contributed by atoms with E-state index in [1.54, 1.807) is 12.1 Å². The van der Waals surface area contributed by atoms with Gasteiger partial charge < -0.3 is 5.11 Å². The smallest absolute Gasteiger partial charge is 0.286 e. The Hall–Kier alpha value is -2.86. The highest BCUT2D eigenvalue weighted by atomic mass is 16.6. The van der Waals surface area contributed by atoms with Crippen LogP contribution in [-0.4, -0.2) is 21.6 Å². The van der Waals surface area contributed by atoms with Crippen molar-refractivity contribution in [3.8, 4) is 0 Å². The maximum Gasteiger partial charge on any atom is 0.286 e. The van der Waals surface area contributed by atoms with Crippen LogP contribution in [0.15, 0.2) is 36.4 Å². The zero-order valence-electron chi connectivity index (χ0n) is 10.7. The van der Waals surface area contributed by atoms with E-state index < -0.39 is 28.8 Å². The van der Waals surface area contributed by atoms with Gasteiger partial charge in [-0.25, -0.2) is 0 Å². The third-order valence-electron chi connectivity index (χ3n) is 3.50. The molecule has 3 rings (SSSR count). The van der Waals surface area contributed by atoms with Gasteiger partial charge in [0.05, 0.1) is 17.1 Å². The monoisotopic (exact) mass is 283 g/mol. The highest BCUT2D eigenvalue weighted by Crippen LogP contribution is 2.35. The number of fused-ring (bicyclic) bond motifs is 2. The molecule has 0 heterocycles. The van der Waals surface area contributed by atoms with E-state index in [2.05, 4.69) is 0 Å². The number of aliphatic hydroxyl groups is 1. The first-order valence-electron chi connectivity index (χ1n) is 6.15. The number of ketones is 2. The van der Waals surface area contributed by atoms with E-state index in [9.17, 15) is 24.8 Å². The fraction of sp³-hybridized carbons (Fsp3) is 0.0667. The minimum Gasteiger partial charge on any atom is -0.391 e. The first-order chi connectivity index (χ1) is 10.1. The number of hydrogen-bond donors (Lipinski definition) is 1. The minimum atomic E-state index is -0.733. The van der Waals surface area contributed by atoms with Crippen LogP contribution < -0.4 is 0 Å². The fourth-order valence-electron chi connectivity index (χ4n) is 2.55. The van der Waals surface area contributed by atoms with Crippen molar-refractivity contribution >= 4 is 17.3 Å². The number of carbonyl (C=O) groups excluding carboxylic acids is 2. The Bertz CT molecular complexity index is 810. The van der Waals surface area contributed by atoms with Crippen LogP contribution in [0, 0.1) is 10.1 Å². The summed E-state index contributed by atoms with van der Waals surface area (Å²) in [6.07, 6.45) is 0. The molecular weight excluding hydrogens is 274 g/mol. The number of hydrogen-bond acceptors (Lipinski definition) is 5. The van der Waals surface area contributed by atoms with E-state index in [0.29, 0.717) is 0 Å². The summed E-state index contributed by atoms with van der Waals surface area (Å²) in [7, 11) is 0. The van der Waals surface area contributed by atoms with E-state index >= 15 is 0 Å². The van der Waals surface area contributed by atoms with Gasteiger partial charge in [-0.2, -0.15) is 0 Å². The summed E-state index contributed by atoms with van der Waals surface area (Å²) in [6, 6.07) is 8.86. The molecule has 2 aromatic carbocycles. The predicted molar refractivity (Wildman–Crippen MR) is 72.3 cm³/mol. The van der Waals surface area contributed by atoms with E-state index in [0.717, 1.165) is 0 Å². The Kier molecular flexibility index (Phi) is 2.88. The molecule has 0 fully saturated rings. The molecule has 104 valence electrons. The normalized spacial score (nSPS) is 12.8. The highest BCUT2D eigenvalue weighted by molar-refractivity contribution is 6.29. The van der Waals surface area contributed by atoms with Crippen LogP contribution in [0.2, 0.25) is 0 Å². The topological polar surface area (TPSA) is 97.5 Å². The number of nitro groups is 1. The maximum absolute atomic E-state index is 12.5. The maximum atomic E-state index is 12.5. The molecule has 0 amide bonds. The van der Waals surface area contributed by atoms with Gasteiger partial charge in [-0.3, -0.25) is 19.7 Å². The van der Waals surface area contributed by atoms with Crippen LogP contribution in [0.25, 0.3) is 0 Å². The molecule has 2 aromatic rings. The Morgan fingerprint density at radius 3 is 2.14 bits per heavy atom. The van der Waals surface area contributed by atoms with Crippen LogP contribution in [0.5, 0.6) is 0 Å². The van der Waals surface area contributed by atoms with Gasteiger partial charge in [0.25, 0.3) is 5.69 Å². The molecule has 0 aromatic heterocycles. The van der Waals surface area contributed by atoms with Gasteiger partial charge in [-0.05, 0) is 12.1 Å². The molecule has 21 heavy (non-hydrogen) atoms. The third kappa shape index (κ3) is 1.77. The minimum absolute atomic E-state index is 0.00241. The van der Waals surface area contributed by atoms with E-state index in [1.165, 1.54) is 24.3 Å². The summed E-state index contributed by atoms with van der Waals surface area (Å²) < 4.78 is 0. The number of carbonyl (C=O) groups is 2. The summed E-state index contributed by atoms with van der Waals surface area (Å²) in [4.78, 5) is 35.4. The molecule has 1 aliphatic carbocycles. The van der Waals surface area contributed by atoms with Crippen molar-refractivity contribution in [3.63, 3.8) is 0 Å². The lowest BCUT2D eigenvalue weighted by Crippen LogP contribution is -2.22. The molecule has 1 N–H and O–H groups in total. The van der Waals surface area contributed by atoms with Gasteiger partial charge in [-0.1, -0.05) is 24.3 Å². The van der Waals surface area contributed by atoms with Gasteiger partial charge in [0.1, 0.15) is 5.56 Å². The third-order valence-corrected chi connectivity index (χ3v) is 3.50. The molecule has 0 bridgehead atoms. The second kappa shape index (κ2) is 4.60. The lowest BCUT2D eigenvalue weighted by molar-refractivity contribution is -0.386. The summed E-state index contributed by atoms with van der Waals surface area (Å²) in [5, 5.41) is 20.5. The zero-order chi connectivity index (χ0) is 15.1. The Morgan fingerprint density at radius 2 is 1.57 bits per heavy atom. The first-order valence-corrected chi connectivity index (χ1v) is 6.15. The predicted octanol–water partition coefficient (Wildman–Crippen LogP) is 1.86. The molecule has 0 spiro atoms. The number of aliphatic hydroxyl groups excluding tert-OH is 1. The largest absolute Gasteiger partial charge is 0.391 e.